The van der Waals surface area contributed by atoms with Crippen molar-refractivity contribution in [2.24, 2.45) is 0 Å². The van der Waals surface area contributed by atoms with Gasteiger partial charge in [0.05, 0.1) is 26.2 Å². The number of phenolic OH excluding ortho intramolecular Hbond substituents is 2. The first-order chi connectivity index (χ1) is 21.3. The summed E-state index contributed by atoms with van der Waals surface area (Å²) in [5.41, 5.74) is 4.19. The summed E-state index contributed by atoms with van der Waals surface area (Å²) in [5, 5.41) is 54.3. The van der Waals surface area contributed by atoms with Gasteiger partial charge < -0.3 is 30.6 Å². The summed E-state index contributed by atoms with van der Waals surface area (Å²) in [6.45, 7) is 14.5. The van der Waals surface area contributed by atoms with Gasteiger partial charge in [0.15, 0.2) is 0 Å². The average molecular weight is 649 g/mol. The minimum absolute atomic E-state index is 0.0703. The Kier molecular flexibility index (Phi) is 18.9. The Balaban J connectivity index is 0.000000683. The quantitative estimate of drug-likeness (QED) is 0.148. The number of aliphatic carboxylic acids is 4. The van der Waals surface area contributed by atoms with Gasteiger partial charge in [0.2, 0.25) is 0 Å². The third-order valence-electron chi connectivity index (χ3n) is 6.85. The molecule has 0 saturated heterocycles. The number of phenols is 2. The van der Waals surface area contributed by atoms with Crippen LogP contribution in [-0.2, 0) is 19.2 Å². The molecule has 46 heavy (non-hydrogen) atoms. The van der Waals surface area contributed by atoms with Crippen LogP contribution in [0, 0.1) is 0 Å². The molecular formula is C34H52N2O10. The summed E-state index contributed by atoms with van der Waals surface area (Å²) in [4.78, 5) is 44.4. The smallest absolute Gasteiger partial charge is 0.317 e. The molecule has 0 aliphatic rings. The van der Waals surface area contributed by atoms with Crippen molar-refractivity contribution in [1.29, 1.82) is 0 Å². The topological polar surface area (TPSA) is 196 Å². The molecule has 0 unspecified atom stereocenters. The van der Waals surface area contributed by atoms with Crippen LogP contribution in [0.15, 0.2) is 36.4 Å². The zero-order chi connectivity index (χ0) is 35.7. The molecule has 0 saturated carbocycles. The molecule has 6 N–H and O–H groups in total. The largest absolute Gasteiger partial charge is 0.507 e. The zero-order valence-electron chi connectivity index (χ0n) is 28.2. The maximum Gasteiger partial charge on any atom is 0.317 e. The van der Waals surface area contributed by atoms with Crippen LogP contribution in [0.3, 0.4) is 0 Å². The Morgan fingerprint density at radius 1 is 0.478 bits per heavy atom. The fraction of sp³-hybridized carbons (Fsp3) is 0.529. The predicted octanol–water partition coefficient (Wildman–Crippen LogP) is 5.21. The van der Waals surface area contributed by atoms with E-state index in [0.717, 1.165) is 32.1 Å². The van der Waals surface area contributed by atoms with Crippen LogP contribution < -0.4 is 0 Å². The van der Waals surface area contributed by atoms with Crippen molar-refractivity contribution in [3.8, 4) is 11.5 Å². The van der Waals surface area contributed by atoms with Crippen LogP contribution >= 0.6 is 0 Å². The van der Waals surface area contributed by atoms with Crippen LogP contribution in [0.5, 0.6) is 11.5 Å². The monoisotopic (exact) mass is 648 g/mol. The Hall–Kier alpha value is -4.16. The van der Waals surface area contributed by atoms with E-state index in [2.05, 4.69) is 55.4 Å². The highest BCUT2D eigenvalue weighted by molar-refractivity contribution is 5.73. The molecule has 12 heteroatoms. The van der Waals surface area contributed by atoms with Crippen molar-refractivity contribution >= 4 is 23.9 Å². The minimum atomic E-state index is -1.23. The van der Waals surface area contributed by atoms with Gasteiger partial charge in [-0.3, -0.25) is 29.0 Å². The van der Waals surface area contributed by atoms with Gasteiger partial charge in [-0.2, -0.15) is 0 Å². The molecular weight excluding hydrogens is 596 g/mol. The number of hydrogen-bond donors (Lipinski definition) is 6. The number of para-hydroxylation sites is 2. The van der Waals surface area contributed by atoms with E-state index < -0.39 is 50.1 Å². The van der Waals surface area contributed by atoms with E-state index in [4.69, 9.17) is 20.4 Å². The van der Waals surface area contributed by atoms with Crippen LogP contribution in [0.4, 0.5) is 0 Å². The normalized spacial score (nSPS) is 11.0. The molecule has 0 fully saturated rings. The lowest BCUT2D eigenvalue weighted by Crippen LogP contribution is -2.43. The number of carbonyl (C=O) groups is 4. The molecule has 0 aliphatic carbocycles. The number of nitrogens with zero attached hydrogens (tertiary/aromatic N) is 2. The minimum Gasteiger partial charge on any atom is -0.507 e. The van der Waals surface area contributed by atoms with Crippen molar-refractivity contribution in [1.82, 2.24) is 9.80 Å². The maximum atomic E-state index is 10.6. The van der Waals surface area contributed by atoms with E-state index in [1.54, 1.807) is 0 Å². The van der Waals surface area contributed by atoms with E-state index in [9.17, 15) is 29.4 Å². The Morgan fingerprint density at radius 3 is 0.826 bits per heavy atom. The molecule has 2 rings (SSSR count). The molecule has 0 spiro atoms. The van der Waals surface area contributed by atoms with Crippen LogP contribution in [0.2, 0.25) is 0 Å². The van der Waals surface area contributed by atoms with E-state index in [-0.39, 0.29) is 13.1 Å². The summed E-state index contributed by atoms with van der Waals surface area (Å²) in [6.07, 6.45) is 0. The number of carboxylic acid groups (broad SMARTS) is 4. The standard InChI is InChI=1S/2C12H18O.C10H16N2O8/c2*1-8(2)10-6-5-7-11(9(3)4)12(10)13;13-7(14)3-11(4-8(15)16)1-2-12(5-9(17)18)6-10(19)20/h2*5-9,13H,1-4H3;1-6H2,(H,13,14)(H,15,16)(H,17,18)(H,19,20). The van der Waals surface area contributed by atoms with Gasteiger partial charge in [0.1, 0.15) is 11.5 Å². The van der Waals surface area contributed by atoms with E-state index in [1.165, 1.54) is 0 Å². The van der Waals surface area contributed by atoms with Crippen molar-refractivity contribution < 1.29 is 49.8 Å². The second-order valence-electron chi connectivity index (χ2n) is 12.2. The van der Waals surface area contributed by atoms with Gasteiger partial charge in [0, 0.05) is 13.1 Å². The Bertz CT molecular complexity index is 1090. The Labute approximate surface area is 271 Å². The molecule has 0 amide bonds. The lowest BCUT2D eigenvalue weighted by atomic mass is 9.94. The van der Waals surface area contributed by atoms with E-state index >= 15 is 0 Å². The average Bonchev–Trinajstić information content (AvgIpc) is 2.90. The first kappa shape index (κ1) is 41.8. The van der Waals surface area contributed by atoms with Gasteiger partial charge in [0.25, 0.3) is 0 Å². The number of carboxylic acids is 4. The SMILES string of the molecule is CC(C)c1cccc(C(C)C)c1O.CC(C)c1cccc(C(C)C)c1O.O=C(O)CN(CCN(CC(=O)O)CC(=O)O)CC(=O)O. The maximum absolute atomic E-state index is 10.6. The highest BCUT2D eigenvalue weighted by Gasteiger charge is 2.18. The summed E-state index contributed by atoms with van der Waals surface area (Å²) in [7, 11) is 0. The van der Waals surface area contributed by atoms with Crippen molar-refractivity contribution in [3.63, 3.8) is 0 Å². The summed E-state index contributed by atoms with van der Waals surface area (Å²) >= 11 is 0. The second-order valence-corrected chi connectivity index (χ2v) is 12.2. The molecule has 0 atom stereocenters. The highest BCUT2D eigenvalue weighted by atomic mass is 16.4. The molecule has 0 bridgehead atoms. The van der Waals surface area contributed by atoms with Crippen LogP contribution in [0.1, 0.15) is 101 Å². The number of hydrogen-bond acceptors (Lipinski definition) is 8. The van der Waals surface area contributed by atoms with Crippen molar-refractivity contribution in [2.45, 2.75) is 79.1 Å². The summed E-state index contributed by atoms with van der Waals surface area (Å²) < 4.78 is 0. The summed E-state index contributed by atoms with van der Waals surface area (Å²) in [5.74, 6) is -2.40. The van der Waals surface area contributed by atoms with Gasteiger partial charge >= 0.3 is 23.9 Å². The fourth-order valence-corrected chi connectivity index (χ4v) is 4.50. The van der Waals surface area contributed by atoms with Gasteiger partial charge in [-0.15, -0.1) is 0 Å². The zero-order valence-corrected chi connectivity index (χ0v) is 28.2. The molecule has 258 valence electrons. The predicted molar refractivity (Wildman–Crippen MR) is 176 cm³/mol. The number of aromatic hydroxyl groups is 2. The van der Waals surface area contributed by atoms with Gasteiger partial charge in [-0.1, -0.05) is 91.8 Å². The van der Waals surface area contributed by atoms with E-state index in [0.29, 0.717) is 35.2 Å². The van der Waals surface area contributed by atoms with Crippen LogP contribution in [-0.4, -0.2) is 104 Å². The summed E-state index contributed by atoms with van der Waals surface area (Å²) in [6, 6.07) is 12.0. The number of benzene rings is 2. The first-order valence-corrected chi connectivity index (χ1v) is 15.2. The Morgan fingerprint density at radius 2 is 0.674 bits per heavy atom. The molecule has 0 aromatic heterocycles. The van der Waals surface area contributed by atoms with Gasteiger partial charge in [-0.05, 0) is 45.9 Å². The second kappa shape index (κ2) is 20.8. The molecule has 0 aliphatic heterocycles. The van der Waals surface area contributed by atoms with Crippen molar-refractivity contribution in [3.05, 3.63) is 58.7 Å². The first-order valence-electron chi connectivity index (χ1n) is 15.2. The van der Waals surface area contributed by atoms with Crippen molar-refractivity contribution in [2.75, 3.05) is 39.3 Å². The molecule has 0 radical (unpaired) electrons. The van der Waals surface area contributed by atoms with Gasteiger partial charge in [-0.25, -0.2) is 0 Å². The molecule has 12 nitrogen and oxygen atoms in total. The van der Waals surface area contributed by atoms with E-state index in [1.807, 2.05) is 36.4 Å². The fourth-order valence-electron chi connectivity index (χ4n) is 4.50. The van der Waals surface area contributed by atoms with Crippen LogP contribution in [0.25, 0.3) is 0 Å². The highest BCUT2D eigenvalue weighted by Crippen LogP contribution is 2.33. The lowest BCUT2D eigenvalue weighted by molar-refractivity contribution is -0.145. The molecule has 2 aromatic carbocycles. The number of rotatable bonds is 15. The lowest BCUT2D eigenvalue weighted by Gasteiger charge is -2.23. The molecule has 0 heterocycles. The molecule has 2 aromatic rings. The third-order valence-corrected chi connectivity index (χ3v) is 6.85. The third kappa shape index (κ3) is 16.2.